The van der Waals surface area contributed by atoms with Gasteiger partial charge < -0.3 is 0 Å². The van der Waals surface area contributed by atoms with Gasteiger partial charge in [-0.2, -0.15) is 4.98 Å². The second-order valence-electron chi connectivity index (χ2n) is 2.24. The smallest absolute Gasteiger partial charge is 0.282 e. The van der Waals surface area contributed by atoms with Crippen molar-refractivity contribution in [2.24, 2.45) is 7.05 Å². The number of rotatable bonds is 0. The number of H-pyrrole nitrogens is 1. The number of hydrogen-bond donors (Lipinski definition) is 1. The molecule has 0 saturated heterocycles. The molecule has 2 aromatic heterocycles. The van der Waals surface area contributed by atoms with Crippen LogP contribution in [0.25, 0.3) is 11.2 Å². The maximum atomic E-state index is 11.1. The van der Waals surface area contributed by atoms with Crippen LogP contribution in [-0.2, 0) is 7.05 Å². The van der Waals surface area contributed by atoms with Crippen LogP contribution in [0.2, 0.25) is 5.28 Å². The van der Waals surface area contributed by atoms with E-state index in [-0.39, 0.29) is 16.4 Å². The van der Waals surface area contributed by atoms with Crippen LogP contribution in [0.5, 0.6) is 0 Å². The lowest BCUT2D eigenvalue weighted by molar-refractivity contribution is 0.729. The zero-order valence-electron chi connectivity index (χ0n) is 6.08. The molecule has 0 atom stereocenters. The third-order valence-corrected chi connectivity index (χ3v) is 1.61. The Kier molecular flexibility index (Phi) is 1.37. The van der Waals surface area contributed by atoms with Crippen molar-refractivity contribution >= 4 is 22.8 Å². The average Bonchev–Trinajstić information content (AvgIpc) is 2.33. The van der Waals surface area contributed by atoms with E-state index in [4.69, 9.17) is 11.6 Å². The van der Waals surface area contributed by atoms with Crippen molar-refractivity contribution in [2.45, 2.75) is 0 Å². The van der Waals surface area contributed by atoms with E-state index in [1.807, 2.05) is 0 Å². The summed E-state index contributed by atoms with van der Waals surface area (Å²) >= 11 is 5.52. The average molecular weight is 186 g/mol. The van der Waals surface area contributed by atoms with Gasteiger partial charge in [0.25, 0.3) is 5.56 Å². The highest BCUT2D eigenvalue weighted by Crippen LogP contribution is 2.03. The van der Waals surface area contributed by atoms with Crippen LogP contribution in [-0.4, -0.2) is 25.0 Å². The molecule has 0 fully saturated rings. The second kappa shape index (κ2) is 2.28. The first-order chi connectivity index (χ1) is 5.68. The molecule has 2 aromatic rings. The summed E-state index contributed by atoms with van der Waals surface area (Å²) in [5.74, 6) is 0. The van der Waals surface area contributed by atoms with Crippen LogP contribution in [0.4, 0.5) is 0 Å². The molecule has 0 aliphatic heterocycles. The topological polar surface area (TPSA) is 76.5 Å². The highest BCUT2D eigenvalue weighted by Gasteiger charge is 2.07. The largest absolute Gasteiger partial charge is 0.295 e. The Labute approximate surface area is 71.2 Å². The molecule has 0 aromatic carbocycles. The maximum absolute atomic E-state index is 11.1. The number of hydrogen-bond acceptors (Lipinski definition) is 4. The third-order valence-electron chi connectivity index (χ3n) is 1.43. The third kappa shape index (κ3) is 0.884. The van der Waals surface area contributed by atoms with Crippen molar-refractivity contribution in [1.29, 1.82) is 0 Å². The minimum atomic E-state index is -0.377. The van der Waals surface area contributed by atoms with Crippen LogP contribution in [0, 0.1) is 0 Å². The van der Waals surface area contributed by atoms with Crippen LogP contribution in [0.1, 0.15) is 0 Å². The highest BCUT2D eigenvalue weighted by atomic mass is 35.5. The Morgan fingerprint density at radius 2 is 2.33 bits per heavy atom. The minimum absolute atomic E-state index is 0.0397. The van der Waals surface area contributed by atoms with Crippen molar-refractivity contribution in [3.8, 4) is 0 Å². The molecule has 0 spiro atoms. The van der Waals surface area contributed by atoms with Crippen molar-refractivity contribution in [2.75, 3.05) is 0 Å². The Balaban J connectivity index is 3.03. The summed E-state index contributed by atoms with van der Waals surface area (Å²) in [5.41, 5.74) is 0.198. The highest BCUT2D eigenvalue weighted by molar-refractivity contribution is 6.28. The van der Waals surface area contributed by atoms with Gasteiger partial charge >= 0.3 is 0 Å². The number of fused-ring (bicyclic) bond motifs is 1. The predicted molar refractivity (Wildman–Crippen MR) is 41.9 cm³/mol. The quantitative estimate of drug-likeness (QED) is 0.572. The van der Waals surface area contributed by atoms with E-state index in [0.29, 0.717) is 5.65 Å². The monoisotopic (exact) mass is 185 g/mol. The molecule has 2 rings (SSSR count). The van der Waals surface area contributed by atoms with Gasteiger partial charge in [0.2, 0.25) is 5.28 Å². The van der Waals surface area contributed by atoms with Crippen molar-refractivity contribution in [1.82, 2.24) is 25.0 Å². The molecule has 62 valence electrons. The number of aromatic amines is 1. The maximum Gasteiger partial charge on any atom is 0.282 e. The second-order valence-corrected chi connectivity index (χ2v) is 2.60. The molecular formula is C5H4ClN5O. The standard InChI is InChI=1S/C5H4ClN5O/c1-11-3-2(9-10-11)4(12)8-5(6)7-3/h1H3,(H,7,8,12). The Bertz CT molecular complexity index is 486. The molecule has 2 heterocycles. The van der Waals surface area contributed by atoms with Crippen LogP contribution in [0.3, 0.4) is 0 Å². The van der Waals surface area contributed by atoms with Crippen molar-refractivity contribution in [3.63, 3.8) is 0 Å². The van der Waals surface area contributed by atoms with E-state index in [1.165, 1.54) is 4.68 Å². The van der Waals surface area contributed by atoms with Crippen LogP contribution < -0.4 is 5.56 Å². The molecule has 0 amide bonds. The lowest BCUT2D eigenvalue weighted by atomic mass is 10.5. The summed E-state index contributed by atoms with van der Waals surface area (Å²) < 4.78 is 1.39. The van der Waals surface area contributed by atoms with Crippen LogP contribution >= 0.6 is 11.6 Å². The zero-order chi connectivity index (χ0) is 8.72. The number of aromatic nitrogens is 5. The molecule has 1 N–H and O–H groups in total. The lowest BCUT2D eigenvalue weighted by Crippen LogP contribution is -2.08. The lowest BCUT2D eigenvalue weighted by Gasteiger charge is -1.90. The van der Waals surface area contributed by atoms with Gasteiger partial charge in [-0.15, -0.1) is 5.10 Å². The molecule has 0 radical (unpaired) electrons. The first-order valence-corrected chi connectivity index (χ1v) is 3.51. The summed E-state index contributed by atoms with van der Waals surface area (Å²) in [7, 11) is 1.64. The number of halogens is 1. The van der Waals surface area contributed by atoms with Gasteiger partial charge in [-0.3, -0.25) is 9.78 Å². The van der Waals surface area contributed by atoms with Gasteiger partial charge in [-0.1, -0.05) is 5.21 Å². The Morgan fingerprint density at radius 3 is 3.08 bits per heavy atom. The molecule has 0 aliphatic rings. The molecule has 12 heavy (non-hydrogen) atoms. The fraction of sp³-hybridized carbons (Fsp3) is 0.200. The molecular weight excluding hydrogens is 182 g/mol. The normalized spacial score (nSPS) is 10.8. The van der Waals surface area contributed by atoms with E-state index in [2.05, 4.69) is 20.3 Å². The van der Waals surface area contributed by atoms with E-state index in [1.54, 1.807) is 7.05 Å². The van der Waals surface area contributed by atoms with Gasteiger partial charge in [0.15, 0.2) is 11.2 Å². The van der Waals surface area contributed by atoms with E-state index in [9.17, 15) is 4.79 Å². The molecule has 0 unspecified atom stereocenters. The molecule has 6 nitrogen and oxygen atoms in total. The summed E-state index contributed by atoms with van der Waals surface area (Å²) in [6.45, 7) is 0. The summed E-state index contributed by atoms with van der Waals surface area (Å²) in [4.78, 5) is 17.3. The summed E-state index contributed by atoms with van der Waals surface area (Å²) in [6, 6.07) is 0. The fourth-order valence-corrected chi connectivity index (χ4v) is 1.06. The summed E-state index contributed by atoms with van der Waals surface area (Å²) in [5, 5.41) is 7.27. The predicted octanol–water partition coefficient (Wildman–Crippen LogP) is -0.295. The van der Waals surface area contributed by atoms with Gasteiger partial charge in [-0.25, -0.2) is 4.68 Å². The van der Waals surface area contributed by atoms with Gasteiger partial charge in [0.1, 0.15) is 0 Å². The fourth-order valence-electron chi connectivity index (χ4n) is 0.898. The number of aryl methyl sites for hydroxylation is 1. The van der Waals surface area contributed by atoms with Gasteiger partial charge in [-0.05, 0) is 11.6 Å². The van der Waals surface area contributed by atoms with E-state index in [0.717, 1.165) is 0 Å². The van der Waals surface area contributed by atoms with Crippen molar-refractivity contribution < 1.29 is 0 Å². The first-order valence-electron chi connectivity index (χ1n) is 3.13. The number of nitrogens with one attached hydrogen (secondary N) is 1. The molecule has 7 heteroatoms. The molecule has 0 bridgehead atoms. The van der Waals surface area contributed by atoms with Gasteiger partial charge in [0.05, 0.1) is 0 Å². The van der Waals surface area contributed by atoms with Gasteiger partial charge in [0, 0.05) is 7.05 Å². The SMILES string of the molecule is Cn1nnc2c(=O)[nH]c(Cl)nc21. The Hall–Kier alpha value is -1.43. The first kappa shape index (κ1) is 7.23. The number of nitrogens with zero attached hydrogens (tertiary/aromatic N) is 4. The zero-order valence-corrected chi connectivity index (χ0v) is 6.83. The van der Waals surface area contributed by atoms with Crippen molar-refractivity contribution in [3.05, 3.63) is 15.6 Å². The summed E-state index contributed by atoms with van der Waals surface area (Å²) in [6.07, 6.45) is 0. The van der Waals surface area contributed by atoms with Crippen LogP contribution in [0.15, 0.2) is 4.79 Å². The molecule has 0 saturated carbocycles. The Morgan fingerprint density at radius 1 is 1.58 bits per heavy atom. The molecule has 0 aliphatic carbocycles. The minimum Gasteiger partial charge on any atom is -0.295 e. The van der Waals surface area contributed by atoms with E-state index < -0.39 is 0 Å². The van der Waals surface area contributed by atoms with E-state index >= 15 is 0 Å².